The number of carbonyl (C=O) groups excluding carboxylic acids is 2. The Balaban J connectivity index is 2.64. The fourth-order valence-corrected chi connectivity index (χ4v) is 1.82. The van der Waals surface area contributed by atoms with Gasteiger partial charge in [0.2, 0.25) is 0 Å². The van der Waals surface area contributed by atoms with Crippen molar-refractivity contribution in [3.8, 4) is 0 Å². The number of aromatic nitrogens is 2. The minimum atomic E-state index is -0.551. The van der Waals surface area contributed by atoms with Crippen LogP contribution in [0.2, 0.25) is 5.15 Å². The molecule has 0 N–H and O–H groups in total. The van der Waals surface area contributed by atoms with Crippen molar-refractivity contribution in [2.45, 2.75) is 24.9 Å². The van der Waals surface area contributed by atoms with Crippen LogP contribution >= 0.6 is 23.4 Å². The number of allylic oxidation sites excluding steroid dienone is 1. The molecule has 0 unspecified atom stereocenters. The Hall–Kier alpha value is -1.40. The van der Waals surface area contributed by atoms with E-state index in [4.69, 9.17) is 16.3 Å². The van der Waals surface area contributed by atoms with Gasteiger partial charge in [-0.15, -0.1) is 0 Å². The van der Waals surface area contributed by atoms with E-state index >= 15 is 0 Å². The summed E-state index contributed by atoms with van der Waals surface area (Å²) in [6.45, 7) is 2.34. The molecule has 1 aromatic rings. The van der Waals surface area contributed by atoms with Crippen molar-refractivity contribution in [1.82, 2.24) is 9.97 Å². The highest BCUT2D eigenvalue weighted by atomic mass is 35.5. The van der Waals surface area contributed by atoms with E-state index in [9.17, 15) is 9.59 Å². The van der Waals surface area contributed by atoms with Crippen molar-refractivity contribution in [3.63, 3.8) is 0 Å². The number of carbonyl (C=O) groups is 2. The van der Waals surface area contributed by atoms with Crippen LogP contribution in [0.3, 0.4) is 0 Å². The molecule has 1 rings (SSSR count). The molecule has 0 saturated heterocycles. The van der Waals surface area contributed by atoms with E-state index in [0.29, 0.717) is 11.8 Å². The van der Waals surface area contributed by atoms with Gasteiger partial charge in [0.1, 0.15) is 5.15 Å². The summed E-state index contributed by atoms with van der Waals surface area (Å²) in [5, 5.41) is 0.549. The van der Waals surface area contributed by atoms with E-state index in [0.717, 1.165) is 25.0 Å². The second kappa shape index (κ2) is 8.71. The highest BCUT2D eigenvalue weighted by molar-refractivity contribution is 7.98. The zero-order valence-corrected chi connectivity index (χ0v) is 12.8. The first-order valence-corrected chi connectivity index (χ1v) is 7.64. The molecular formula is C13H15ClN2O3S. The Bertz CT molecular complexity index is 520. The highest BCUT2D eigenvalue weighted by Gasteiger charge is 2.11. The molecule has 0 aliphatic carbocycles. The minimum absolute atomic E-state index is 0.0679. The van der Waals surface area contributed by atoms with E-state index in [-0.39, 0.29) is 10.7 Å². The molecule has 5 nitrogen and oxygen atoms in total. The van der Waals surface area contributed by atoms with Gasteiger partial charge in [-0.05, 0) is 18.8 Å². The van der Waals surface area contributed by atoms with E-state index < -0.39 is 11.8 Å². The standard InChI is InChI=1S/C13H15ClN2O3S/c1-3-4-7-19-11(18)6-5-10(17)9-8-15-13(20-2)16-12(9)14/h5-6,8H,3-4,7H2,1-2H3/b6-5+. The van der Waals surface area contributed by atoms with Crippen molar-refractivity contribution in [1.29, 1.82) is 0 Å². The fourth-order valence-electron chi connectivity index (χ4n) is 1.21. The summed E-state index contributed by atoms with van der Waals surface area (Å²) in [5.41, 5.74) is 0.155. The Labute approximate surface area is 126 Å². The second-order valence-corrected chi connectivity index (χ2v) is 4.91. The molecule has 0 atom stereocenters. The number of thioether (sulfide) groups is 1. The van der Waals surface area contributed by atoms with Gasteiger partial charge in [-0.2, -0.15) is 0 Å². The van der Waals surface area contributed by atoms with Crippen LogP contribution in [0.4, 0.5) is 0 Å². The molecule has 0 fully saturated rings. The lowest BCUT2D eigenvalue weighted by Gasteiger charge is -2.01. The SMILES string of the molecule is CCCCOC(=O)/C=C/C(=O)c1cnc(SC)nc1Cl. The molecule has 1 aromatic heterocycles. The summed E-state index contributed by atoms with van der Waals surface area (Å²) < 4.78 is 4.89. The first-order chi connectivity index (χ1) is 9.58. The third kappa shape index (κ3) is 5.30. The quantitative estimate of drug-likeness (QED) is 0.147. The molecule has 0 aromatic carbocycles. The van der Waals surface area contributed by atoms with Crippen LogP contribution in [0.15, 0.2) is 23.5 Å². The van der Waals surface area contributed by atoms with Gasteiger partial charge in [0.25, 0.3) is 0 Å². The molecular weight excluding hydrogens is 300 g/mol. The summed E-state index contributed by atoms with van der Waals surface area (Å²) in [7, 11) is 0. The molecule has 7 heteroatoms. The van der Waals surface area contributed by atoms with Gasteiger partial charge in [0, 0.05) is 12.3 Å². The lowest BCUT2D eigenvalue weighted by Crippen LogP contribution is -2.04. The van der Waals surface area contributed by atoms with E-state index in [1.54, 1.807) is 6.26 Å². The van der Waals surface area contributed by atoms with Gasteiger partial charge in [-0.3, -0.25) is 4.79 Å². The number of esters is 1. The number of ketones is 1. The molecule has 0 amide bonds. The van der Waals surface area contributed by atoms with Crippen LogP contribution in [-0.2, 0) is 9.53 Å². The van der Waals surface area contributed by atoms with Crippen molar-refractivity contribution < 1.29 is 14.3 Å². The van der Waals surface area contributed by atoms with Crippen molar-refractivity contribution in [3.05, 3.63) is 29.1 Å². The summed E-state index contributed by atoms with van der Waals surface area (Å²) in [6, 6.07) is 0. The molecule has 0 aliphatic rings. The van der Waals surface area contributed by atoms with Gasteiger partial charge < -0.3 is 4.74 Å². The predicted molar refractivity (Wildman–Crippen MR) is 78.2 cm³/mol. The maximum Gasteiger partial charge on any atom is 0.330 e. The molecule has 0 saturated carbocycles. The van der Waals surface area contributed by atoms with Crippen LogP contribution in [0.1, 0.15) is 30.1 Å². The van der Waals surface area contributed by atoms with E-state index in [1.165, 1.54) is 18.0 Å². The number of hydrogen-bond acceptors (Lipinski definition) is 6. The van der Waals surface area contributed by atoms with Crippen LogP contribution in [0.5, 0.6) is 0 Å². The smallest absolute Gasteiger partial charge is 0.330 e. The molecule has 20 heavy (non-hydrogen) atoms. The average molecular weight is 315 g/mol. The third-order valence-electron chi connectivity index (χ3n) is 2.28. The number of ether oxygens (including phenoxy) is 1. The maximum absolute atomic E-state index is 11.8. The number of nitrogens with zero attached hydrogens (tertiary/aromatic N) is 2. The van der Waals surface area contributed by atoms with Crippen LogP contribution in [0.25, 0.3) is 0 Å². The second-order valence-electron chi connectivity index (χ2n) is 3.78. The maximum atomic E-state index is 11.8. The Kier molecular flexibility index (Phi) is 7.25. The fraction of sp³-hybridized carbons (Fsp3) is 0.385. The number of hydrogen-bond donors (Lipinski definition) is 0. The van der Waals surface area contributed by atoms with Gasteiger partial charge >= 0.3 is 5.97 Å². The molecule has 108 valence electrons. The zero-order chi connectivity index (χ0) is 15.0. The Morgan fingerprint density at radius 2 is 2.20 bits per heavy atom. The molecule has 1 heterocycles. The third-order valence-corrected chi connectivity index (χ3v) is 3.13. The largest absolute Gasteiger partial charge is 0.463 e. The van der Waals surface area contributed by atoms with Gasteiger partial charge in [0.05, 0.1) is 12.2 Å². The van der Waals surface area contributed by atoms with Crippen LogP contribution in [-0.4, -0.2) is 34.6 Å². The number of unbranched alkanes of at least 4 members (excludes halogenated alkanes) is 1. The number of halogens is 1. The van der Waals surface area contributed by atoms with E-state index in [2.05, 4.69) is 9.97 Å². The first-order valence-electron chi connectivity index (χ1n) is 6.04. The van der Waals surface area contributed by atoms with Crippen molar-refractivity contribution in [2.24, 2.45) is 0 Å². The molecule has 0 spiro atoms. The highest BCUT2D eigenvalue weighted by Crippen LogP contribution is 2.17. The number of rotatable bonds is 7. The average Bonchev–Trinajstić information content (AvgIpc) is 2.44. The van der Waals surface area contributed by atoms with Gasteiger partial charge in [0.15, 0.2) is 10.9 Å². The summed E-state index contributed by atoms with van der Waals surface area (Å²) in [6.07, 6.45) is 7.07. The lowest BCUT2D eigenvalue weighted by atomic mass is 10.2. The zero-order valence-electron chi connectivity index (χ0n) is 11.3. The van der Waals surface area contributed by atoms with Crippen LogP contribution in [0, 0.1) is 0 Å². The van der Waals surface area contributed by atoms with E-state index in [1.807, 2.05) is 6.92 Å². The normalized spacial score (nSPS) is 10.8. The molecule has 0 bridgehead atoms. The predicted octanol–water partition coefficient (Wildman–Crippen LogP) is 2.93. The molecule has 0 aliphatic heterocycles. The monoisotopic (exact) mass is 314 g/mol. The topological polar surface area (TPSA) is 69.2 Å². The first kappa shape index (κ1) is 16.7. The van der Waals surface area contributed by atoms with Crippen LogP contribution < -0.4 is 0 Å². The van der Waals surface area contributed by atoms with Crippen molar-refractivity contribution >= 4 is 35.1 Å². The van der Waals surface area contributed by atoms with Gasteiger partial charge in [-0.1, -0.05) is 36.7 Å². The summed E-state index contributed by atoms with van der Waals surface area (Å²) in [4.78, 5) is 31.1. The summed E-state index contributed by atoms with van der Waals surface area (Å²) in [5.74, 6) is -0.986. The summed E-state index contributed by atoms with van der Waals surface area (Å²) >= 11 is 7.21. The molecule has 0 radical (unpaired) electrons. The Morgan fingerprint density at radius 3 is 2.80 bits per heavy atom. The minimum Gasteiger partial charge on any atom is -0.463 e. The van der Waals surface area contributed by atoms with Crippen molar-refractivity contribution in [2.75, 3.05) is 12.9 Å². The lowest BCUT2D eigenvalue weighted by molar-refractivity contribution is -0.137. The Morgan fingerprint density at radius 1 is 1.45 bits per heavy atom. The van der Waals surface area contributed by atoms with Gasteiger partial charge in [-0.25, -0.2) is 14.8 Å².